The molecule has 0 bridgehead atoms. The zero-order chi connectivity index (χ0) is 11.3. The van der Waals surface area contributed by atoms with Crippen LogP contribution >= 0.6 is 0 Å². The van der Waals surface area contributed by atoms with Gasteiger partial charge in [0.05, 0.1) is 12.7 Å². The van der Waals surface area contributed by atoms with Crippen molar-refractivity contribution in [3.63, 3.8) is 0 Å². The third-order valence-corrected chi connectivity index (χ3v) is 2.04. The van der Waals surface area contributed by atoms with E-state index in [1.54, 1.807) is 0 Å². The van der Waals surface area contributed by atoms with E-state index in [1.165, 1.54) is 0 Å². The Hall–Kier alpha value is -0.200. The Balaban J connectivity index is 4.09. The minimum absolute atomic E-state index is 0.179. The van der Waals surface area contributed by atoms with Crippen LogP contribution in [0.2, 0.25) is 0 Å². The van der Waals surface area contributed by atoms with Gasteiger partial charge in [0.15, 0.2) is 0 Å². The van der Waals surface area contributed by atoms with Gasteiger partial charge in [-0.2, -0.15) is 0 Å². The Labute approximate surface area is 83.6 Å². The van der Waals surface area contributed by atoms with Gasteiger partial charge in [-0.3, -0.25) is 0 Å². The second-order valence-electron chi connectivity index (χ2n) is 3.93. The highest BCUT2D eigenvalue weighted by Crippen LogP contribution is 2.12. The molecule has 0 aromatic carbocycles. The zero-order valence-electron chi connectivity index (χ0n) is 8.54. The average Bonchev–Trinajstić information content (AvgIpc) is 2.13. The molecule has 4 atom stereocenters. The largest absolute Gasteiger partial charge is 0.394 e. The van der Waals surface area contributed by atoms with Crippen LogP contribution < -0.4 is 0 Å². The molecule has 0 spiro atoms. The highest BCUT2D eigenvalue weighted by molar-refractivity contribution is 4.80. The third kappa shape index (κ3) is 4.34. The second kappa shape index (κ2) is 6.31. The van der Waals surface area contributed by atoms with Crippen molar-refractivity contribution in [2.45, 2.75) is 44.7 Å². The van der Waals surface area contributed by atoms with Crippen LogP contribution in [0.5, 0.6) is 0 Å². The quantitative estimate of drug-likeness (QED) is 0.364. The first-order valence-corrected chi connectivity index (χ1v) is 4.73. The fourth-order valence-electron chi connectivity index (χ4n) is 1.19. The predicted octanol–water partition coefficient (Wildman–Crippen LogP) is -1.53. The molecular formula is C9H20O5. The maximum atomic E-state index is 9.40. The van der Waals surface area contributed by atoms with Crippen LogP contribution in [0.15, 0.2) is 0 Å². The van der Waals surface area contributed by atoms with Crippen LogP contribution in [0.4, 0.5) is 0 Å². The van der Waals surface area contributed by atoms with Gasteiger partial charge in [0.1, 0.15) is 18.3 Å². The molecule has 14 heavy (non-hydrogen) atoms. The van der Waals surface area contributed by atoms with Crippen LogP contribution in [-0.2, 0) is 0 Å². The van der Waals surface area contributed by atoms with Gasteiger partial charge in [-0.1, -0.05) is 13.8 Å². The summed E-state index contributed by atoms with van der Waals surface area (Å²) in [4.78, 5) is 0. The second-order valence-corrected chi connectivity index (χ2v) is 3.93. The molecule has 0 aromatic heterocycles. The molecule has 0 aliphatic carbocycles. The minimum Gasteiger partial charge on any atom is -0.394 e. The number of aliphatic hydroxyl groups is 5. The molecule has 0 saturated heterocycles. The van der Waals surface area contributed by atoms with E-state index in [9.17, 15) is 15.3 Å². The van der Waals surface area contributed by atoms with Crippen molar-refractivity contribution in [1.82, 2.24) is 0 Å². The molecule has 0 aliphatic heterocycles. The van der Waals surface area contributed by atoms with Crippen molar-refractivity contribution >= 4 is 0 Å². The summed E-state index contributed by atoms with van der Waals surface area (Å²) in [5.41, 5.74) is 0. The number of hydrogen-bond acceptors (Lipinski definition) is 5. The molecule has 0 fully saturated rings. The molecule has 5 nitrogen and oxygen atoms in total. The predicted molar refractivity (Wildman–Crippen MR) is 50.6 cm³/mol. The topological polar surface area (TPSA) is 101 Å². The summed E-state index contributed by atoms with van der Waals surface area (Å²) in [6.07, 6.45) is -5.14. The van der Waals surface area contributed by atoms with E-state index < -0.39 is 31.0 Å². The number of hydrogen-bond donors (Lipinski definition) is 5. The highest BCUT2D eigenvalue weighted by Gasteiger charge is 2.29. The molecule has 0 heterocycles. The highest BCUT2D eigenvalue weighted by atomic mass is 16.4. The van der Waals surface area contributed by atoms with Crippen molar-refractivity contribution in [2.75, 3.05) is 6.61 Å². The normalized spacial score (nSPS) is 20.6. The van der Waals surface area contributed by atoms with E-state index in [4.69, 9.17) is 10.2 Å². The summed E-state index contributed by atoms with van der Waals surface area (Å²) in [5.74, 6) is 0.179. The van der Waals surface area contributed by atoms with Gasteiger partial charge < -0.3 is 25.5 Å². The molecule has 5 N–H and O–H groups in total. The third-order valence-electron chi connectivity index (χ3n) is 2.04. The summed E-state index contributed by atoms with van der Waals surface area (Å²) in [6, 6.07) is 0. The molecule has 0 radical (unpaired) electrons. The van der Waals surface area contributed by atoms with Gasteiger partial charge >= 0.3 is 0 Å². The molecule has 0 saturated carbocycles. The first kappa shape index (κ1) is 13.8. The Morgan fingerprint density at radius 1 is 0.857 bits per heavy atom. The van der Waals surface area contributed by atoms with Crippen LogP contribution in [0.25, 0.3) is 0 Å². The summed E-state index contributed by atoms with van der Waals surface area (Å²) < 4.78 is 0. The monoisotopic (exact) mass is 208 g/mol. The number of aliphatic hydroxyl groups excluding tert-OH is 5. The summed E-state index contributed by atoms with van der Waals surface area (Å²) in [6.45, 7) is 3.09. The number of rotatable bonds is 6. The molecule has 0 aromatic rings. The van der Waals surface area contributed by atoms with Crippen LogP contribution in [0.3, 0.4) is 0 Å². The Morgan fingerprint density at radius 2 is 1.29 bits per heavy atom. The fraction of sp³-hybridized carbons (Fsp3) is 1.00. The van der Waals surface area contributed by atoms with Crippen LogP contribution in [0.1, 0.15) is 20.3 Å². The molecule has 5 heteroatoms. The molecule has 0 unspecified atom stereocenters. The van der Waals surface area contributed by atoms with Crippen LogP contribution in [-0.4, -0.2) is 56.6 Å². The first-order chi connectivity index (χ1) is 6.40. The van der Waals surface area contributed by atoms with Crippen molar-refractivity contribution in [1.29, 1.82) is 0 Å². The van der Waals surface area contributed by atoms with Gasteiger partial charge in [0, 0.05) is 0 Å². The van der Waals surface area contributed by atoms with Gasteiger partial charge in [-0.15, -0.1) is 0 Å². The van der Waals surface area contributed by atoms with E-state index in [1.807, 2.05) is 13.8 Å². The summed E-state index contributed by atoms with van der Waals surface area (Å²) in [5, 5.41) is 45.5. The lowest BCUT2D eigenvalue weighted by Crippen LogP contribution is -2.46. The molecule has 0 rings (SSSR count). The van der Waals surface area contributed by atoms with E-state index in [0.29, 0.717) is 6.42 Å². The lowest BCUT2D eigenvalue weighted by Gasteiger charge is -2.26. The van der Waals surface area contributed by atoms with E-state index in [2.05, 4.69) is 0 Å². The smallest absolute Gasteiger partial charge is 0.110 e. The zero-order valence-corrected chi connectivity index (χ0v) is 8.54. The Morgan fingerprint density at radius 3 is 1.64 bits per heavy atom. The molecular weight excluding hydrogens is 188 g/mol. The molecule has 0 aliphatic rings. The van der Waals surface area contributed by atoms with Crippen molar-refractivity contribution in [3.05, 3.63) is 0 Å². The van der Waals surface area contributed by atoms with E-state index in [-0.39, 0.29) is 5.92 Å². The first-order valence-electron chi connectivity index (χ1n) is 4.73. The van der Waals surface area contributed by atoms with E-state index >= 15 is 0 Å². The SMILES string of the molecule is CC(C)C[C@@H](O)[C@@H](O)[C@@H](O)[C@H](O)CO. The standard InChI is InChI=1S/C9H20O5/c1-5(2)3-6(11)8(13)9(14)7(12)4-10/h5-14H,3-4H2,1-2H3/t6-,7-,8-,9+/m1/s1. The van der Waals surface area contributed by atoms with Gasteiger partial charge in [-0.05, 0) is 12.3 Å². The Kier molecular flexibility index (Phi) is 6.22. The Bertz CT molecular complexity index is 150. The van der Waals surface area contributed by atoms with Crippen LogP contribution in [0, 0.1) is 5.92 Å². The lowest BCUT2D eigenvalue weighted by molar-refractivity contribution is -0.118. The van der Waals surface area contributed by atoms with Crippen molar-refractivity contribution in [2.24, 2.45) is 5.92 Å². The van der Waals surface area contributed by atoms with Gasteiger partial charge in [0.2, 0.25) is 0 Å². The summed E-state index contributed by atoms with van der Waals surface area (Å²) >= 11 is 0. The van der Waals surface area contributed by atoms with E-state index in [0.717, 1.165) is 0 Å². The summed E-state index contributed by atoms with van der Waals surface area (Å²) in [7, 11) is 0. The maximum absolute atomic E-state index is 9.40. The fourth-order valence-corrected chi connectivity index (χ4v) is 1.19. The molecule has 86 valence electrons. The lowest BCUT2D eigenvalue weighted by atomic mass is 9.96. The van der Waals surface area contributed by atoms with Crippen molar-refractivity contribution < 1.29 is 25.5 Å². The molecule has 0 amide bonds. The minimum atomic E-state index is -1.52. The van der Waals surface area contributed by atoms with Gasteiger partial charge in [-0.25, -0.2) is 0 Å². The van der Waals surface area contributed by atoms with Crippen molar-refractivity contribution in [3.8, 4) is 0 Å². The maximum Gasteiger partial charge on any atom is 0.110 e. The van der Waals surface area contributed by atoms with Gasteiger partial charge in [0.25, 0.3) is 0 Å². The average molecular weight is 208 g/mol.